The van der Waals surface area contributed by atoms with Crippen LogP contribution in [0, 0.1) is 11.3 Å². The van der Waals surface area contributed by atoms with Crippen molar-refractivity contribution in [1.82, 2.24) is 0 Å². The average molecular weight is 401 g/mol. The first-order chi connectivity index (χ1) is 13.6. The highest BCUT2D eigenvalue weighted by molar-refractivity contribution is 5.83. The maximum absolute atomic E-state index is 11.8. The van der Waals surface area contributed by atoms with Crippen molar-refractivity contribution >= 4 is 11.9 Å². The van der Waals surface area contributed by atoms with Crippen LogP contribution in [-0.4, -0.2) is 23.7 Å². The van der Waals surface area contributed by atoms with E-state index >= 15 is 0 Å². The van der Waals surface area contributed by atoms with Crippen molar-refractivity contribution in [2.45, 2.75) is 67.2 Å². The number of allylic oxidation sites excluding steroid dienone is 9. The van der Waals surface area contributed by atoms with Crippen molar-refractivity contribution in [3.05, 3.63) is 58.7 Å². The molecule has 0 saturated carbocycles. The number of carbonyl (C=O) groups is 2. The summed E-state index contributed by atoms with van der Waals surface area (Å²) in [6, 6.07) is 0. The number of carbonyl (C=O) groups excluding carboxylic acids is 1. The highest BCUT2D eigenvalue weighted by Gasteiger charge is 2.26. The Kier molecular flexibility index (Phi) is 9.87. The van der Waals surface area contributed by atoms with Crippen LogP contribution < -0.4 is 0 Å². The Morgan fingerprint density at radius 2 is 1.90 bits per heavy atom. The van der Waals surface area contributed by atoms with Gasteiger partial charge >= 0.3 is 11.9 Å². The molecule has 29 heavy (non-hydrogen) atoms. The fourth-order valence-electron chi connectivity index (χ4n) is 3.45. The summed E-state index contributed by atoms with van der Waals surface area (Å²) in [5.74, 6) is -2.13. The molecule has 0 fully saturated rings. The molecule has 0 aromatic carbocycles. The van der Waals surface area contributed by atoms with Gasteiger partial charge in [-0.2, -0.15) is 0 Å². The van der Waals surface area contributed by atoms with Gasteiger partial charge in [-0.1, -0.05) is 62.3 Å². The molecule has 160 valence electrons. The Hall–Kier alpha value is -2.36. The molecule has 1 aliphatic rings. The fraction of sp³-hybridized carbons (Fsp3) is 0.520. The molecule has 1 atom stereocenters. The van der Waals surface area contributed by atoms with Gasteiger partial charge in [-0.15, -0.1) is 0 Å². The van der Waals surface area contributed by atoms with Crippen LogP contribution in [0.3, 0.4) is 0 Å². The molecule has 0 saturated heterocycles. The van der Waals surface area contributed by atoms with Crippen molar-refractivity contribution < 1.29 is 19.4 Å². The largest absolute Gasteiger partial charge is 0.481 e. The van der Waals surface area contributed by atoms with E-state index in [9.17, 15) is 9.59 Å². The summed E-state index contributed by atoms with van der Waals surface area (Å²) in [4.78, 5) is 22.8. The number of carboxylic acids is 1. The summed E-state index contributed by atoms with van der Waals surface area (Å²) in [6.07, 6.45) is 15.6. The number of carboxylic acid groups (broad SMARTS) is 1. The zero-order valence-corrected chi connectivity index (χ0v) is 18.7. The minimum atomic E-state index is -0.947. The van der Waals surface area contributed by atoms with Gasteiger partial charge < -0.3 is 9.84 Å². The average Bonchev–Trinajstić information content (AvgIpc) is 2.60. The molecule has 1 rings (SSSR count). The number of aliphatic carboxylic acids is 1. The summed E-state index contributed by atoms with van der Waals surface area (Å²) in [5, 5.41) is 8.97. The Bertz CT molecular complexity index is 745. The summed E-state index contributed by atoms with van der Waals surface area (Å²) in [5.41, 5.74) is 5.02. The quantitative estimate of drug-likeness (QED) is 0.285. The molecule has 1 unspecified atom stereocenters. The van der Waals surface area contributed by atoms with Gasteiger partial charge in [0.25, 0.3) is 0 Å². The van der Waals surface area contributed by atoms with E-state index in [2.05, 4.69) is 39.8 Å². The van der Waals surface area contributed by atoms with Crippen LogP contribution in [0.15, 0.2) is 58.7 Å². The first kappa shape index (κ1) is 24.7. The number of esters is 1. The lowest BCUT2D eigenvalue weighted by molar-refractivity contribution is -0.148. The Labute approximate surface area is 175 Å². The van der Waals surface area contributed by atoms with Crippen molar-refractivity contribution in [2.24, 2.45) is 11.3 Å². The van der Waals surface area contributed by atoms with E-state index in [1.807, 2.05) is 25.2 Å². The molecular formula is C25H36O4. The van der Waals surface area contributed by atoms with Gasteiger partial charge in [0.05, 0.1) is 5.92 Å². The Morgan fingerprint density at radius 1 is 1.21 bits per heavy atom. The predicted octanol–water partition coefficient (Wildman–Crippen LogP) is 6.17. The zero-order chi connectivity index (χ0) is 22.0. The van der Waals surface area contributed by atoms with Crippen LogP contribution in [0.2, 0.25) is 0 Å². The zero-order valence-electron chi connectivity index (χ0n) is 18.7. The van der Waals surface area contributed by atoms with E-state index in [0.717, 1.165) is 11.1 Å². The Morgan fingerprint density at radius 3 is 2.48 bits per heavy atom. The number of rotatable bonds is 9. The van der Waals surface area contributed by atoms with Crippen molar-refractivity contribution in [3.63, 3.8) is 0 Å². The fourth-order valence-corrected chi connectivity index (χ4v) is 3.45. The topological polar surface area (TPSA) is 63.6 Å². The summed E-state index contributed by atoms with van der Waals surface area (Å²) in [7, 11) is 0. The molecule has 0 radical (unpaired) electrons. The lowest BCUT2D eigenvalue weighted by atomic mass is 9.72. The summed E-state index contributed by atoms with van der Waals surface area (Å²) < 4.78 is 5.03. The minimum Gasteiger partial charge on any atom is -0.481 e. The maximum atomic E-state index is 11.8. The van der Waals surface area contributed by atoms with E-state index in [-0.39, 0.29) is 12.0 Å². The lowest BCUT2D eigenvalue weighted by Crippen LogP contribution is -2.20. The standard InChI is InChI=1S/C25H36O4/c1-7-21(24(27)28)17-29-23(26)16-19(3)11-8-10-18(2)13-14-22-20(4)12-9-15-25(22,5)6/h8,10-11,13-14,16,21H,7,9,12,15,17H2,1-6H3,(H,27,28)/b11-8+,14-13+,18-10+,19-16+. The van der Waals surface area contributed by atoms with Gasteiger partial charge in [0, 0.05) is 6.08 Å². The third kappa shape index (κ3) is 8.68. The van der Waals surface area contributed by atoms with E-state index in [1.165, 1.54) is 36.5 Å². The van der Waals surface area contributed by atoms with E-state index in [4.69, 9.17) is 9.84 Å². The third-order valence-electron chi connectivity index (χ3n) is 5.39. The molecule has 1 N–H and O–H groups in total. The molecule has 1 aliphatic carbocycles. The van der Waals surface area contributed by atoms with Gasteiger partial charge in [0.1, 0.15) is 6.61 Å². The molecular weight excluding hydrogens is 364 g/mol. The first-order valence-corrected chi connectivity index (χ1v) is 10.4. The SMILES string of the molecule is CCC(COC(=O)/C=C(C)/C=C/C=C(C)/C=C/C1=C(C)CCCC1(C)C)C(=O)O. The van der Waals surface area contributed by atoms with Gasteiger partial charge in [0.2, 0.25) is 0 Å². The highest BCUT2D eigenvalue weighted by Crippen LogP contribution is 2.40. The van der Waals surface area contributed by atoms with Crippen LogP contribution in [0.25, 0.3) is 0 Å². The van der Waals surface area contributed by atoms with E-state index in [0.29, 0.717) is 6.42 Å². The van der Waals surface area contributed by atoms with Crippen LogP contribution in [0.4, 0.5) is 0 Å². The molecule has 0 bridgehead atoms. The molecule has 0 aromatic rings. The second-order valence-corrected chi connectivity index (χ2v) is 8.50. The summed E-state index contributed by atoms with van der Waals surface area (Å²) >= 11 is 0. The minimum absolute atomic E-state index is 0.104. The molecule has 0 aliphatic heterocycles. The lowest BCUT2D eigenvalue weighted by Gasteiger charge is -2.32. The number of hydrogen-bond donors (Lipinski definition) is 1. The van der Waals surface area contributed by atoms with Crippen LogP contribution in [0.5, 0.6) is 0 Å². The van der Waals surface area contributed by atoms with Crippen molar-refractivity contribution in [3.8, 4) is 0 Å². The van der Waals surface area contributed by atoms with Gasteiger partial charge in [-0.25, -0.2) is 4.79 Å². The van der Waals surface area contributed by atoms with Gasteiger partial charge in [-0.05, 0) is 63.0 Å². The molecule has 0 aromatic heterocycles. The second-order valence-electron chi connectivity index (χ2n) is 8.50. The molecule has 0 amide bonds. The maximum Gasteiger partial charge on any atom is 0.331 e. The van der Waals surface area contributed by atoms with Crippen LogP contribution >= 0.6 is 0 Å². The van der Waals surface area contributed by atoms with Crippen molar-refractivity contribution in [2.75, 3.05) is 6.61 Å². The monoisotopic (exact) mass is 400 g/mol. The van der Waals surface area contributed by atoms with Crippen LogP contribution in [0.1, 0.15) is 67.2 Å². The molecule has 4 heteroatoms. The molecule has 4 nitrogen and oxygen atoms in total. The molecule has 0 spiro atoms. The smallest absolute Gasteiger partial charge is 0.331 e. The normalized spacial score (nSPS) is 19.1. The number of ether oxygens (including phenoxy) is 1. The number of hydrogen-bond acceptors (Lipinski definition) is 3. The second kappa shape index (κ2) is 11.6. The van der Waals surface area contributed by atoms with Gasteiger partial charge in [-0.3, -0.25) is 4.79 Å². The first-order valence-electron chi connectivity index (χ1n) is 10.4. The Balaban J connectivity index is 2.65. The summed E-state index contributed by atoms with van der Waals surface area (Å²) in [6.45, 7) is 12.4. The predicted molar refractivity (Wildman–Crippen MR) is 119 cm³/mol. The van der Waals surface area contributed by atoms with E-state index < -0.39 is 17.9 Å². The molecule has 0 heterocycles. The third-order valence-corrected chi connectivity index (χ3v) is 5.39. The highest BCUT2D eigenvalue weighted by atomic mass is 16.5. The van der Waals surface area contributed by atoms with Crippen molar-refractivity contribution in [1.29, 1.82) is 0 Å². The van der Waals surface area contributed by atoms with Gasteiger partial charge in [0.15, 0.2) is 0 Å². The van der Waals surface area contributed by atoms with Crippen LogP contribution in [-0.2, 0) is 14.3 Å². The van der Waals surface area contributed by atoms with E-state index in [1.54, 1.807) is 6.92 Å².